The maximum atomic E-state index is 13.0. The van der Waals surface area contributed by atoms with Gasteiger partial charge >= 0.3 is 0 Å². The minimum atomic E-state index is -3.84. The van der Waals surface area contributed by atoms with Crippen LogP contribution in [0.4, 0.5) is 0 Å². The number of ether oxygens (including phenoxy) is 1. The number of aliphatic hydroxyl groups excluding tert-OH is 1. The summed E-state index contributed by atoms with van der Waals surface area (Å²) in [4.78, 5) is 4.43. The third-order valence-corrected chi connectivity index (χ3v) is 6.51. The molecule has 2 unspecified atom stereocenters. The highest BCUT2D eigenvalue weighted by Crippen LogP contribution is 2.39. The van der Waals surface area contributed by atoms with Gasteiger partial charge in [0, 0.05) is 6.61 Å². The van der Waals surface area contributed by atoms with Gasteiger partial charge in [0.2, 0.25) is 10.0 Å². The van der Waals surface area contributed by atoms with Gasteiger partial charge in [-0.2, -0.15) is 0 Å². The van der Waals surface area contributed by atoms with Crippen LogP contribution in [-0.2, 0) is 14.8 Å². The lowest BCUT2D eigenvalue weighted by molar-refractivity contribution is 0.0758. The summed E-state index contributed by atoms with van der Waals surface area (Å²) in [5, 5.41) is 17.9. The molecule has 0 radical (unpaired) electrons. The Balaban J connectivity index is 1.95. The van der Waals surface area contributed by atoms with Crippen molar-refractivity contribution in [3.63, 3.8) is 0 Å². The molecule has 2 atom stereocenters. The van der Waals surface area contributed by atoms with E-state index in [2.05, 4.69) is 9.71 Å². The van der Waals surface area contributed by atoms with Crippen LogP contribution in [0.25, 0.3) is 0 Å². The van der Waals surface area contributed by atoms with Crippen LogP contribution in [0.5, 0.6) is 5.75 Å². The highest BCUT2D eigenvalue weighted by atomic mass is 32.2. The lowest BCUT2D eigenvalue weighted by Crippen LogP contribution is -2.53. The van der Waals surface area contributed by atoms with Crippen LogP contribution in [0.1, 0.15) is 42.7 Å². The lowest BCUT2D eigenvalue weighted by atomic mass is 9.97. The van der Waals surface area contributed by atoms with Crippen LogP contribution in [-0.4, -0.2) is 36.9 Å². The number of nitrogens with zero attached hydrogens (tertiary/aromatic N) is 1. The first-order valence-electron chi connectivity index (χ1n) is 8.96. The number of aromatic hydroxyl groups is 1. The quantitative estimate of drug-likeness (QED) is 0.710. The predicted molar refractivity (Wildman–Crippen MR) is 106 cm³/mol. The van der Waals surface area contributed by atoms with Gasteiger partial charge in [-0.1, -0.05) is 42.5 Å². The molecule has 8 heteroatoms. The zero-order valence-corrected chi connectivity index (χ0v) is 16.6. The SMILES string of the molecule is CC1(C)OC(=NC(CCO)c2ccccc2)NS(=O)(=O)C1c1ccc(O)cc1. The van der Waals surface area contributed by atoms with Crippen molar-refractivity contribution in [3.8, 4) is 5.75 Å². The van der Waals surface area contributed by atoms with Gasteiger partial charge in [0.15, 0.2) is 0 Å². The van der Waals surface area contributed by atoms with Gasteiger partial charge < -0.3 is 14.9 Å². The first-order valence-corrected chi connectivity index (χ1v) is 10.5. The van der Waals surface area contributed by atoms with Crippen molar-refractivity contribution in [2.24, 2.45) is 4.99 Å². The largest absolute Gasteiger partial charge is 0.508 e. The Morgan fingerprint density at radius 3 is 2.36 bits per heavy atom. The summed E-state index contributed by atoms with van der Waals surface area (Å²) in [6.07, 6.45) is 0.334. The van der Waals surface area contributed by atoms with Crippen LogP contribution in [0.3, 0.4) is 0 Å². The zero-order valence-electron chi connectivity index (χ0n) is 15.7. The molecule has 3 N–H and O–H groups in total. The fraction of sp³-hybridized carbons (Fsp3) is 0.350. The highest BCUT2D eigenvalue weighted by Gasteiger charge is 2.48. The second kappa shape index (κ2) is 7.81. The molecule has 2 aromatic rings. The summed E-state index contributed by atoms with van der Waals surface area (Å²) in [5.41, 5.74) is 0.259. The van der Waals surface area contributed by atoms with Crippen LogP contribution >= 0.6 is 0 Å². The minimum Gasteiger partial charge on any atom is -0.508 e. The molecule has 1 heterocycles. The van der Waals surface area contributed by atoms with Gasteiger partial charge in [-0.3, -0.25) is 0 Å². The van der Waals surface area contributed by atoms with Gasteiger partial charge in [0.25, 0.3) is 6.02 Å². The number of hydrogen-bond acceptors (Lipinski definition) is 6. The number of hydrogen-bond donors (Lipinski definition) is 3. The van der Waals surface area contributed by atoms with Gasteiger partial charge in [0.05, 0.1) is 6.04 Å². The number of phenolic OH excluding ortho intramolecular Hbond substituents is 1. The van der Waals surface area contributed by atoms with Crippen LogP contribution in [0, 0.1) is 0 Å². The lowest BCUT2D eigenvalue weighted by Gasteiger charge is -2.39. The van der Waals surface area contributed by atoms with E-state index < -0.39 is 26.9 Å². The number of aliphatic imine (C=N–C) groups is 1. The van der Waals surface area contributed by atoms with E-state index in [1.807, 2.05) is 30.3 Å². The molecule has 3 rings (SSSR count). The molecule has 0 aliphatic carbocycles. The Morgan fingerprint density at radius 1 is 1.14 bits per heavy atom. The van der Waals surface area contributed by atoms with Gasteiger partial charge in [-0.25, -0.2) is 18.1 Å². The molecule has 1 fully saturated rings. The van der Waals surface area contributed by atoms with Crippen molar-refractivity contribution in [2.75, 3.05) is 6.61 Å². The van der Waals surface area contributed by atoms with Crippen molar-refractivity contribution in [1.29, 1.82) is 0 Å². The second-order valence-corrected chi connectivity index (χ2v) is 8.96. The number of amidine groups is 1. The van der Waals surface area contributed by atoms with E-state index in [9.17, 15) is 18.6 Å². The molecule has 0 spiro atoms. The fourth-order valence-corrected chi connectivity index (χ4v) is 5.17. The topological polar surface area (TPSA) is 108 Å². The number of benzene rings is 2. The Hall–Kier alpha value is -2.58. The van der Waals surface area contributed by atoms with Crippen LogP contribution in [0.2, 0.25) is 0 Å². The Bertz CT molecular complexity index is 940. The summed E-state index contributed by atoms with van der Waals surface area (Å²) in [7, 11) is -3.84. The minimum absolute atomic E-state index is 0.0561. The van der Waals surface area contributed by atoms with Crippen molar-refractivity contribution in [3.05, 3.63) is 65.7 Å². The molecule has 0 amide bonds. The van der Waals surface area contributed by atoms with Crippen molar-refractivity contribution in [2.45, 2.75) is 37.2 Å². The molecule has 150 valence electrons. The standard InChI is InChI=1S/C20H24N2O5S/c1-20(2)18(15-8-10-16(24)11-9-15)28(25,26)22-19(27-20)21-17(12-13-23)14-6-4-3-5-7-14/h3-11,17-18,23-24H,12-13H2,1-2H3,(H,21,22). The monoisotopic (exact) mass is 404 g/mol. The number of aliphatic hydroxyl groups is 1. The van der Waals surface area contributed by atoms with Gasteiger partial charge in [-0.05, 0) is 43.5 Å². The average Bonchev–Trinajstić information content (AvgIpc) is 2.62. The fourth-order valence-electron chi connectivity index (χ4n) is 3.40. The third kappa shape index (κ3) is 4.28. The molecule has 28 heavy (non-hydrogen) atoms. The van der Waals surface area contributed by atoms with Crippen LogP contribution in [0.15, 0.2) is 59.6 Å². The van der Waals surface area contributed by atoms with Crippen molar-refractivity contribution in [1.82, 2.24) is 4.72 Å². The second-order valence-electron chi connectivity index (χ2n) is 7.20. The number of sulfonamides is 1. The Labute approximate surface area is 164 Å². The van der Waals surface area contributed by atoms with E-state index in [-0.39, 0.29) is 18.4 Å². The van der Waals surface area contributed by atoms with E-state index in [0.29, 0.717) is 12.0 Å². The average molecular weight is 404 g/mol. The van der Waals surface area contributed by atoms with Crippen LogP contribution < -0.4 is 4.72 Å². The summed E-state index contributed by atoms with van der Waals surface area (Å²) < 4.78 is 34.3. The summed E-state index contributed by atoms with van der Waals surface area (Å²) in [5.74, 6) is 0.0561. The molecule has 2 aromatic carbocycles. The van der Waals surface area contributed by atoms with E-state index in [0.717, 1.165) is 5.56 Å². The molecule has 0 saturated carbocycles. The molecular weight excluding hydrogens is 380 g/mol. The Kier molecular flexibility index (Phi) is 5.62. The molecular formula is C20H24N2O5S. The highest BCUT2D eigenvalue weighted by molar-refractivity contribution is 7.90. The zero-order chi connectivity index (χ0) is 20.4. The summed E-state index contributed by atoms with van der Waals surface area (Å²) >= 11 is 0. The molecule has 0 bridgehead atoms. The number of phenols is 1. The van der Waals surface area contributed by atoms with E-state index in [4.69, 9.17) is 4.74 Å². The number of rotatable bonds is 5. The maximum Gasteiger partial charge on any atom is 0.299 e. The predicted octanol–water partition coefficient (Wildman–Crippen LogP) is 2.64. The number of nitrogens with one attached hydrogen (secondary N) is 1. The van der Waals surface area contributed by atoms with E-state index in [1.54, 1.807) is 26.0 Å². The molecule has 7 nitrogen and oxygen atoms in total. The molecule has 1 aliphatic heterocycles. The normalized spacial score (nSPS) is 22.8. The van der Waals surface area contributed by atoms with Gasteiger partial charge in [0.1, 0.15) is 16.6 Å². The molecule has 1 aliphatic rings. The van der Waals surface area contributed by atoms with E-state index >= 15 is 0 Å². The third-order valence-electron chi connectivity index (χ3n) is 4.59. The molecule has 0 aromatic heterocycles. The Morgan fingerprint density at radius 2 is 1.79 bits per heavy atom. The first kappa shape index (κ1) is 20.2. The van der Waals surface area contributed by atoms with Crippen molar-refractivity contribution >= 4 is 16.0 Å². The maximum absolute atomic E-state index is 13.0. The first-order chi connectivity index (χ1) is 13.2. The van der Waals surface area contributed by atoms with E-state index in [1.165, 1.54) is 12.1 Å². The van der Waals surface area contributed by atoms with Crippen molar-refractivity contribution < 1.29 is 23.4 Å². The molecule has 1 saturated heterocycles. The smallest absolute Gasteiger partial charge is 0.299 e. The summed E-state index contributed by atoms with van der Waals surface area (Å²) in [6.45, 7) is 3.27. The van der Waals surface area contributed by atoms with Gasteiger partial charge in [-0.15, -0.1) is 0 Å². The summed E-state index contributed by atoms with van der Waals surface area (Å²) in [6, 6.07) is 14.8.